The van der Waals surface area contributed by atoms with E-state index in [-0.39, 0.29) is 17.3 Å². The molecule has 2 atom stereocenters. The summed E-state index contributed by atoms with van der Waals surface area (Å²) >= 11 is 0. The molecular formula is C15H19F3N4O4S. The van der Waals surface area contributed by atoms with Crippen molar-refractivity contribution in [1.82, 2.24) is 14.3 Å². The molecule has 27 heavy (non-hydrogen) atoms. The first kappa shape index (κ1) is 19.8. The molecule has 2 aliphatic heterocycles. The molecule has 12 heteroatoms. The Morgan fingerprint density at radius 3 is 2.15 bits per heavy atom. The van der Waals surface area contributed by atoms with Crippen molar-refractivity contribution in [1.29, 1.82) is 0 Å². The van der Waals surface area contributed by atoms with Gasteiger partial charge in [0, 0.05) is 37.6 Å². The SMILES string of the molecule is O=C(O)C(F)(F)F.O=S(=O)(C1CC1)N1CC[C@H]2[C@H]1CCN2c1ncccn1. The summed E-state index contributed by atoms with van der Waals surface area (Å²) in [6, 6.07) is 2.16. The number of halogens is 3. The van der Waals surface area contributed by atoms with Gasteiger partial charge in [-0.3, -0.25) is 0 Å². The number of carbonyl (C=O) groups is 1. The predicted octanol–water partition coefficient (Wildman–Crippen LogP) is 1.26. The second kappa shape index (κ2) is 7.23. The molecule has 0 radical (unpaired) electrons. The number of hydrogen-bond donors (Lipinski definition) is 1. The largest absolute Gasteiger partial charge is 0.490 e. The number of anilines is 1. The van der Waals surface area contributed by atoms with Gasteiger partial charge in [-0.1, -0.05) is 0 Å². The smallest absolute Gasteiger partial charge is 0.475 e. The van der Waals surface area contributed by atoms with Gasteiger partial charge >= 0.3 is 12.1 Å². The number of alkyl halides is 3. The summed E-state index contributed by atoms with van der Waals surface area (Å²) < 4.78 is 58.4. The van der Waals surface area contributed by atoms with E-state index in [1.165, 1.54) is 0 Å². The first-order chi connectivity index (χ1) is 12.6. The van der Waals surface area contributed by atoms with Gasteiger partial charge in [-0.2, -0.15) is 17.5 Å². The molecule has 150 valence electrons. The van der Waals surface area contributed by atoms with Crippen LogP contribution in [0.5, 0.6) is 0 Å². The summed E-state index contributed by atoms with van der Waals surface area (Å²) in [5.41, 5.74) is 0. The lowest BCUT2D eigenvalue weighted by atomic mass is 10.1. The van der Waals surface area contributed by atoms with Crippen LogP contribution in [-0.4, -0.2) is 70.4 Å². The number of aliphatic carboxylic acids is 1. The minimum atomic E-state index is -5.08. The Morgan fingerprint density at radius 1 is 1.07 bits per heavy atom. The normalized spacial score (nSPS) is 25.7. The molecule has 1 saturated carbocycles. The molecule has 1 aliphatic carbocycles. The summed E-state index contributed by atoms with van der Waals surface area (Å²) in [5.74, 6) is -2.03. The molecule has 1 aromatic rings. The van der Waals surface area contributed by atoms with Gasteiger partial charge in [-0.15, -0.1) is 0 Å². The van der Waals surface area contributed by atoms with Crippen molar-refractivity contribution in [3.63, 3.8) is 0 Å². The molecule has 0 bridgehead atoms. The van der Waals surface area contributed by atoms with E-state index in [4.69, 9.17) is 9.90 Å². The maximum Gasteiger partial charge on any atom is 0.490 e. The number of aromatic nitrogens is 2. The third-order valence-corrected chi connectivity index (χ3v) is 7.27. The maximum absolute atomic E-state index is 12.5. The number of hydrogen-bond acceptors (Lipinski definition) is 6. The average Bonchev–Trinajstić information content (AvgIpc) is 3.26. The van der Waals surface area contributed by atoms with Crippen LogP contribution in [-0.2, 0) is 14.8 Å². The van der Waals surface area contributed by atoms with Gasteiger partial charge in [-0.25, -0.2) is 23.2 Å². The van der Waals surface area contributed by atoms with Crippen LogP contribution in [0.25, 0.3) is 0 Å². The number of fused-ring (bicyclic) bond motifs is 1. The molecule has 0 unspecified atom stereocenters. The zero-order valence-corrected chi connectivity index (χ0v) is 15.0. The summed E-state index contributed by atoms with van der Waals surface area (Å²) in [6.07, 6.45) is 1.83. The van der Waals surface area contributed by atoms with Crippen LogP contribution in [0.4, 0.5) is 19.1 Å². The number of sulfonamides is 1. The highest BCUT2D eigenvalue weighted by Gasteiger charge is 2.51. The standard InChI is InChI=1S/C13H18N4O2S.C2HF3O2/c18-20(19,10-2-3-10)17-9-5-11-12(17)4-8-16(11)13-14-6-1-7-15-13;3-2(4,5)1(6)7/h1,6-7,10-12H,2-5,8-9H2;(H,6,7)/t11-,12+;/m0./s1. The van der Waals surface area contributed by atoms with Crippen molar-refractivity contribution >= 4 is 21.9 Å². The first-order valence-corrected chi connectivity index (χ1v) is 9.97. The Labute approximate surface area is 154 Å². The summed E-state index contributed by atoms with van der Waals surface area (Å²) in [7, 11) is -3.06. The minimum absolute atomic E-state index is 0.108. The summed E-state index contributed by atoms with van der Waals surface area (Å²) in [4.78, 5) is 19.7. The molecule has 8 nitrogen and oxygen atoms in total. The number of carboxylic acid groups (broad SMARTS) is 1. The van der Waals surface area contributed by atoms with Crippen molar-refractivity contribution in [2.45, 2.75) is 49.2 Å². The van der Waals surface area contributed by atoms with Crippen LogP contribution in [0.2, 0.25) is 0 Å². The van der Waals surface area contributed by atoms with Crippen molar-refractivity contribution < 1.29 is 31.5 Å². The topological polar surface area (TPSA) is 104 Å². The summed E-state index contributed by atoms with van der Waals surface area (Å²) in [6.45, 7) is 1.49. The van der Waals surface area contributed by atoms with Crippen LogP contribution in [0.1, 0.15) is 25.7 Å². The molecule has 1 aromatic heterocycles. The average molecular weight is 408 g/mol. The van der Waals surface area contributed by atoms with Crippen LogP contribution in [0, 0.1) is 0 Å². The molecule has 0 amide bonds. The van der Waals surface area contributed by atoms with Crippen molar-refractivity contribution in [3.05, 3.63) is 18.5 Å². The molecular weight excluding hydrogens is 389 g/mol. The number of rotatable bonds is 3. The van der Waals surface area contributed by atoms with Gasteiger partial charge in [0.05, 0.1) is 5.25 Å². The highest BCUT2D eigenvalue weighted by atomic mass is 32.2. The van der Waals surface area contributed by atoms with Crippen molar-refractivity contribution in [2.75, 3.05) is 18.0 Å². The van der Waals surface area contributed by atoms with E-state index in [1.807, 2.05) is 0 Å². The second-order valence-electron chi connectivity index (χ2n) is 6.61. The van der Waals surface area contributed by atoms with Crippen LogP contribution < -0.4 is 4.90 Å². The molecule has 3 aliphatic rings. The molecule has 4 rings (SSSR count). The second-order valence-corrected chi connectivity index (χ2v) is 8.78. The Hall–Kier alpha value is -1.95. The molecule has 2 saturated heterocycles. The quantitative estimate of drug-likeness (QED) is 0.803. The lowest BCUT2D eigenvalue weighted by Crippen LogP contribution is -2.41. The predicted molar refractivity (Wildman–Crippen MR) is 88.5 cm³/mol. The van der Waals surface area contributed by atoms with E-state index < -0.39 is 22.2 Å². The summed E-state index contributed by atoms with van der Waals surface area (Å²) in [5, 5.41) is 7.02. The third kappa shape index (κ3) is 4.15. The van der Waals surface area contributed by atoms with E-state index in [0.717, 1.165) is 38.2 Å². The van der Waals surface area contributed by atoms with E-state index >= 15 is 0 Å². The monoisotopic (exact) mass is 408 g/mol. The van der Waals surface area contributed by atoms with Crippen molar-refractivity contribution in [2.24, 2.45) is 0 Å². The van der Waals surface area contributed by atoms with Gasteiger partial charge in [-0.05, 0) is 31.7 Å². The van der Waals surface area contributed by atoms with E-state index in [0.29, 0.717) is 6.54 Å². The lowest BCUT2D eigenvalue weighted by Gasteiger charge is -2.25. The van der Waals surface area contributed by atoms with Gasteiger partial charge in [0.25, 0.3) is 0 Å². The molecule has 3 heterocycles. The highest BCUT2D eigenvalue weighted by molar-refractivity contribution is 7.90. The fourth-order valence-corrected chi connectivity index (χ4v) is 5.61. The maximum atomic E-state index is 12.5. The molecule has 3 fully saturated rings. The Bertz CT molecular complexity index is 786. The first-order valence-electron chi connectivity index (χ1n) is 8.47. The molecule has 0 spiro atoms. The Morgan fingerprint density at radius 2 is 1.63 bits per heavy atom. The van der Waals surface area contributed by atoms with Crippen molar-refractivity contribution in [3.8, 4) is 0 Å². The van der Waals surface area contributed by atoms with Gasteiger partial charge in [0.15, 0.2) is 0 Å². The van der Waals surface area contributed by atoms with Crippen LogP contribution in [0.3, 0.4) is 0 Å². The zero-order chi connectivity index (χ0) is 19.8. The van der Waals surface area contributed by atoms with E-state index in [9.17, 15) is 21.6 Å². The minimum Gasteiger partial charge on any atom is -0.475 e. The van der Waals surface area contributed by atoms with Crippen LogP contribution >= 0.6 is 0 Å². The van der Waals surface area contributed by atoms with E-state index in [2.05, 4.69) is 14.9 Å². The third-order valence-electron chi connectivity index (χ3n) is 4.85. The lowest BCUT2D eigenvalue weighted by molar-refractivity contribution is -0.192. The Kier molecular flexibility index (Phi) is 5.30. The van der Waals surface area contributed by atoms with Gasteiger partial charge < -0.3 is 10.0 Å². The van der Waals surface area contributed by atoms with Crippen LogP contribution in [0.15, 0.2) is 18.5 Å². The van der Waals surface area contributed by atoms with Gasteiger partial charge in [0.2, 0.25) is 16.0 Å². The highest BCUT2D eigenvalue weighted by Crippen LogP contribution is 2.40. The number of nitrogens with zero attached hydrogens (tertiary/aromatic N) is 4. The fraction of sp³-hybridized carbons (Fsp3) is 0.667. The Balaban J connectivity index is 0.000000260. The molecule has 1 N–H and O–H groups in total. The fourth-order valence-electron chi connectivity index (χ4n) is 3.51. The van der Waals surface area contributed by atoms with E-state index in [1.54, 1.807) is 22.8 Å². The molecule has 0 aromatic carbocycles. The zero-order valence-electron chi connectivity index (χ0n) is 14.2. The van der Waals surface area contributed by atoms with Gasteiger partial charge in [0.1, 0.15) is 0 Å². The number of carboxylic acids is 1.